The second kappa shape index (κ2) is 14.1. The maximum atomic E-state index is 6.19. The van der Waals surface area contributed by atoms with Crippen LogP contribution in [0.15, 0.2) is 0 Å². The Balaban J connectivity index is 4.24. The minimum Gasteiger partial charge on any atom is -0.352 e. The van der Waals surface area contributed by atoms with Crippen molar-refractivity contribution in [3.05, 3.63) is 0 Å². The van der Waals surface area contributed by atoms with Crippen molar-refractivity contribution < 1.29 is 9.47 Å². The van der Waals surface area contributed by atoms with Crippen LogP contribution in [0.3, 0.4) is 0 Å². The van der Waals surface area contributed by atoms with E-state index in [0.29, 0.717) is 17.8 Å². The summed E-state index contributed by atoms with van der Waals surface area (Å²) in [7, 11) is 0. The van der Waals surface area contributed by atoms with Gasteiger partial charge in [-0.1, -0.05) is 74.7 Å². The van der Waals surface area contributed by atoms with E-state index in [9.17, 15) is 0 Å². The molecule has 146 valence electrons. The molecule has 0 aromatic rings. The Kier molecular flexibility index (Phi) is 14.1. The highest BCUT2D eigenvalue weighted by atomic mass is 16.7. The van der Waals surface area contributed by atoms with Gasteiger partial charge in [-0.25, -0.2) is 0 Å². The van der Waals surface area contributed by atoms with Gasteiger partial charge in [-0.15, -0.1) is 0 Å². The van der Waals surface area contributed by atoms with Crippen LogP contribution in [-0.2, 0) is 9.47 Å². The van der Waals surface area contributed by atoms with Gasteiger partial charge < -0.3 is 9.47 Å². The van der Waals surface area contributed by atoms with E-state index in [1.165, 1.54) is 25.7 Å². The van der Waals surface area contributed by atoms with Crippen LogP contribution in [0.5, 0.6) is 0 Å². The monoisotopic (exact) mass is 342 g/mol. The zero-order valence-corrected chi connectivity index (χ0v) is 17.9. The van der Waals surface area contributed by atoms with Gasteiger partial charge in [0.2, 0.25) is 0 Å². The minimum atomic E-state index is -0.0169. The van der Waals surface area contributed by atoms with Gasteiger partial charge in [0.1, 0.15) is 0 Å². The average Bonchev–Trinajstić information content (AvgIpc) is 2.49. The number of hydrogen-bond acceptors (Lipinski definition) is 2. The van der Waals surface area contributed by atoms with Crippen LogP contribution < -0.4 is 0 Å². The van der Waals surface area contributed by atoms with Crippen molar-refractivity contribution in [2.75, 3.05) is 13.2 Å². The third-order valence-corrected chi connectivity index (χ3v) is 4.88. The zero-order valence-electron chi connectivity index (χ0n) is 17.9. The molecular weight excluding hydrogens is 296 g/mol. The van der Waals surface area contributed by atoms with E-state index in [4.69, 9.17) is 9.47 Å². The molecule has 0 aliphatic heterocycles. The summed E-state index contributed by atoms with van der Waals surface area (Å²) in [6, 6.07) is 0. The van der Waals surface area contributed by atoms with Crippen LogP contribution in [0.2, 0.25) is 0 Å². The molecule has 0 heterocycles. The third kappa shape index (κ3) is 13.2. The highest BCUT2D eigenvalue weighted by Gasteiger charge is 2.18. The molecule has 0 rings (SSSR count). The topological polar surface area (TPSA) is 18.5 Å². The Hall–Kier alpha value is -0.0800. The molecule has 0 aromatic carbocycles. The first-order chi connectivity index (χ1) is 11.3. The summed E-state index contributed by atoms with van der Waals surface area (Å²) in [5.41, 5.74) is 0. The quantitative estimate of drug-likeness (QED) is 0.300. The van der Waals surface area contributed by atoms with Crippen LogP contribution in [0.1, 0.15) is 93.9 Å². The predicted molar refractivity (Wildman–Crippen MR) is 106 cm³/mol. The molecule has 2 heteroatoms. The Morgan fingerprint density at radius 3 is 1.67 bits per heavy atom. The Labute approximate surface area is 153 Å². The lowest BCUT2D eigenvalue weighted by atomic mass is 9.89. The van der Waals surface area contributed by atoms with Crippen LogP contribution in [-0.4, -0.2) is 19.5 Å². The van der Waals surface area contributed by atoms with Gasteiger partial charge in [-0.3, -0.25) is 0 Å². The second-order valence-corrected chi connectivity index (χ2v) is 8.94. The molecule has 2 nitrogen and oxygen atoms in total. The zero-order chi connectivity index (χ0) is 18.5. The molecule has 0 amide bonds. The molecule has 0 spiro atoms. The van der Waals surface area contributed by atoms with E-state index in [1.807, 2.05) is 0 Å². The van der Waals surface area contributed by atoms with Crippen molar-refractivity contribution in [1.82, 2.24) is 0 Å². The van der Waals surface area contributed by atoms with E-state index in [-0.39, 0.29) is 6.29 Å². The second-order valence-electron chi connectivity index (χ2n) is 8.94. The van der Waals surface area contributed by atoms with Gasteiger partial charge >= 0.3 is 0 Å². The summed E-state index contributed by atoms with van der Waals surface area (Å²) in [5.74, 6) is 3.50. The van der Waals surface area contributed by atoms with Gasteiger partial charge in [0, 0.05) is 0 Å². The Morgan fingerprint density at radius 2 is 1.17 bits per heavy atom. The number of ether oxygens (including phenoxy) is 2. The highest BCUT2D eigenvalue weighted by molar-refractivity contribution is 4.65. The smallest absolute Gasteiger partial charge is 0.157 e. The molecule has 0 aliphatic rings. The summed E-state index contributed by atoms with van der Waals surface area (Å²) in [6.45, 7) is 20.0. The fraction of sp³-hybridized carbons (Fsp3) is 1.00. The van der Waals surface area contributed by atoms with E-state index in [2.05, 4.69) is 55.4 Å². The highest BCUT2D eigenvalue weighted by Crippen LogP contribution is 2.22. The molecular formula is C22H46O2. The molecule has 0 aromatic heterocycles. The van der Waals surface area contributed by atoms with Gasteiger partial charge in [0.25, 0.3) is 0 Å². The largest absolute Gasteiger partial charge is 0.352 e. The van der Waals surface area contributed by atoms with E-state index in [1.54, 1.807) is 0 Å². The van der Waals surface area contributed by atoms with Crippen LogP contribution in [0, 0.1) is 29.6 Å². The van der Waals surface area contributed by atoms with Crippen molar-refractivity contribution in [3.63, 3.8) is 0 Å². The Bertz CT molecular complexity index is 273. The molecule has 0 fully saturated rings. The van der Waals surface area contributed by atoms with E-state index in [0.717, 1.165) is 37.9 Å². The fourth-order valence-corrected chi connectivity index (χ4v) is 2.81. The van der Waals surface area contributed by atoms with Crippen LogP contribution in [0.25, 0.3) is 0 Å². The van der Waals surface area contributed by atoms with Crippen LogP contribution in [0.4, 0.5) is 0 Å². The molecule has 0 aliphatic carbocycles. The van der Waals surface area contributed by atoms with Crippen molar-refractivity contribution in [2.24, 2.45) is 29.6 Å². The fourth-order valence-electron chi connectivity index (χ4n) is 2.81. The van der Waals surface area contributed by atoms with Crippen molar-refractivity contribution in [1.29, 1.82) is 0 Å². The van der Waals surface area contributed by atoms with E-state index >= 15 is 0 Å². The molecule has 0 radical (unpaired) electrons. The first-order valence-electron chi connectivity index (χ1n) is 10.5. The normalized spacial score (nSPS) is 16.1. The summed E-state index contributed by atoms with van der Waals surface area (Å²) in [6.07, 6.45) is 7.19. The van der Waals surface area contributed by atoms with Gasteiger partial charge in [-0.2, -0.15) is 0 Å². The molecule has 3 unspecified atom stereocenters. The van der Waals surface area contributed by atoms with Gasteiger partial charge in [0.05, 0.1) is 13.2 Å². The van der Waals surface area contributed by atoms with Gasteiger partial charge in [-0.05, 0) is 48.9 Å². The number of rotatable bonds is 15. The van der Waals surface area contributed by atoms with E-state index < -0.39 is 0 Å². The minimum absolute atomic E-state index is 0.0169. The Morgan fingerprint density at radius 1 is 0.625 bits per heavy atom. The lowest BCUT2D eigenvalue weighted by molar-refractivity contribution is -0.162. The third-order valence-electron chi connectivity index (χ3n) is 4.88. The molecule has 0 saturated carbocycles. The lowest BCUT2D eigenvalue weighted by Crippen LogP contribution is -2.25. The summed E-state index contributed by atoms with van der Waals surface area (Å²) < 4.78 is 12.3. The average molecular weight is 343 g/mol. The summed E-state index contributed by atoms with van der Waals surface area (Å²) >= 11 is 0. The standard InChI is InChI=1S/C22H46O2/c1-9-10-22(23-15-20(8)13-11-17(2)3)24-16-21(19(6)7)14-12-18(4)5/h17-22H,9-16H2,1-8H3. The molecule has 0 bridgehead atoms. The number of hydrogen-bond donors (Lipinski definition) is 0. The first-order valence-corrected chi connectivity index (χ1v) is 10.5. The molecule has 3 atom stereocenters. The molecule has 0 N–H and O–H groups in total. The SMILES string of the molecule is CCCC(OCC(C)CCC(C)C)OCC(CCC(C)C)C(C)C. The van der Waals surface area contributed by atoms with Crippen molar-refractivity contribution >= 4 is 0 Å². The first kappa shape index (κ1) is 23.9. The van der Waals surface area contributed by atoms with Crippen molar-refractivity contribution in [2.45, 2.75) is 100 Å². The van der Waals surface area contributed by atoms with Gasteiger partial charge in [0.15, 0.2) is 6.29 Å². The molecule has 24 heavy (non-hydrogen) atoms. The maximum Gasteiger partial charge on any atom is 0.157 e. The summed E-state index contributed by atoms with van der Waals surface area (Å²) in [5, 5.41) is 0. The predicted octanol–water partition coefficient (Wildman–Crippen LogP) is 6.93. The molecule has 0 saturated heterocycles. The van der Waals surface area contributed by atoms with Crippen molar-refractivity contribution in [3.8, 4) is 0 Å². The lowest BCUT2D eigenvalue weighted by Gasteiger charge is -2.26. The van der Waals surface area contributed by atoms with Crippen LogP contribution >= 0.6 is 0 Å². The maximum absolute atomic E-state index is 6.19. The summed E-state index contributed by atoms with van der Waals surface area (Å²) in [4.78, 5) is 0.